The Kier molecular flexibility index (Phi) is 7.13. The molecule has 0 aromatic carbocycles. The largest absolute Gasteiger partial charge is 0.377 e. The van der Waals surface area contributed by atoms with Crippen molar-refractivity contribution in [3.63, 3.8) is 0 Å². The lowest BCUT2D eigenvalue weighted by atomic mass is 10.0. The third-order valence-corrected chi connectivity index (χ3v) is 3.34. The molecule has 5 heteroatoms. The Bertz CT molecular complexity index is 251. The summed E-state index contributed by atoms with van der Waals surface area (Å²) < 4.78 is 27.3. The Hall–Kier alpha value is -0.130. The van der Waals surface area contributed by atoms with E-state index in [1.54, 1.807) is 0 Å². The number of ether oxygens (including phenoxy) is 1. The van der Waals surface area contributed by atoms with Gasteiger partial charge < -0.3 is 10.5 Å². The van der Waals surface area contributed by atoms with Gasteiger partial charge in [-0.15, -0.1) is 0 Å². The predicted molar refractivity (Wildman–Crippen MR) is 62.6 cm³/mol. The van der Waals surface area contributed by atoms with Crippen LogP contribution in [0.5, 0.6) is 0 Å². The summed E-state index contributed by atoms with van der Waals surface area (Å²) >= 11 is 0. The Balaban J connectivity index is 3.85. The summed E-state index contributed by atoms with van der Waals surface area (Å²) in [4.78, 5) is 0. The van der Waals surface area contributed by atoms with Crippen LogP contribution in [0.3, 0.4) is 0 Å². The van der Waals surface area contributed by atoms with Crippen molar-refractivity contribution >= 4 is 9.84 Å². The molecule has 0 bridgehead atoms. The zero-order valence-corrected chi connectivity index (χ0v) is 10.7. The van der Waals surface area contributed by atoms with Gasteiger partial charge in [-0.3, -0.25) is 0 Å². The molecule has 0 fully saturated rings. The molecule has 0 aliphatic heterocycles. The molecule has 0 aliphatic carbocycles. The second kappa shape index (κ2) is 7.19. The van der Waals surface area contributed by atoms with Crippen molar-refractivity contribution in [3.05, 3.63) is 0 Å². The van der Waals surface area contributed by atoms with Crippen LogP contribution in [0.1, 0.15) is 33.1 Å². The van der Waals surface area contributed by atoms with Gasteiger partial charge in [0, 0.05) is 24.7 Å². The average Bonchev–Trinajstić information content (AvgIpc) is 2.11. The topological polar surface area (TPSA) is 69.4 Å². The zero-order chi connectivity index (χ0) is 11.9. The Morgan fingerprint density at radius 3 is 2.33 bits per heavy atom. The molecule has 2 N–H and O–H groups in total. The van der Waals surface area contributed by atoms with Gasteiger partial charge in [-0.25, -0.2) is 8.42 Å². The van der Waals surface area contributed by atoms with Gasteiger partial charge in [-0.2, -0.15) is 0 Å². The highest BCUT2D eigenvalue weighted by Gasteiger charge is 2.16. The van der Waals surface area contributed by atoms with Crippen molar-refractivity contribution in [3.8, 4) is 0 Å². The SMILES string of the molecule is CCOC(CC)C(N)CCCS(C)(=O)=O. The Morgan fingerprint density at radius 2 is 1.93 bits per heavy atom. The smallest absolute Gasteiger partial charge is 0.147 e. The average molecular weight is 237 g/mol. The van der Waals surface area contributed by atoms with Crippen molar-refractivity contribution in [2.24, 2.45) is 5.73 Å². The molecule has 92 valence electrons. The van der Waals surface area contributed by atoms with Crippen LogP contribution in [0.15, 0.2) is 0 Å². The first-order chi connectivity index (χ1) is 6.90. The second-order valence-corrected chi connectivity index (χ2v) is 6.10. The van der Waals surface area contributed by atoms with Gasteiger partial charge in [-0.1, -0.05) is 6.92 Å². The predicted octanol–water partition coefficient (Wildman–Crippen LogP) is 0.954. The first-order valence-corrected chi connectivity index (χ1v) is 7.51. The van der Waals surface area contributed by atoms with E-state index in [1.807, 2.05) is 13.8 Å². The molecule has 0 spiro atoms. The van der Waals surface area contributed by atoms with E-state index in [2.05, 4.69) is 0 Å². The normalized spacial score (nSPS) is 16.3. The summed E-state index contributed by atoms with van der Waals surface area (Å²) in [5, 5.41) is 0. The number of hydrogen-bond donors (Lipinski definition) is 1. The Labute approximate surface area is 93.1 Å². The van der Waals surface area contributed by atoms with Crippen LogP contribution < -0.4 is 5.73 Å². The number of nitrogens with two attached hydrogens (primary N) is 1. The van der Waals surface area contributed by atoms with Gasteiger partial charge in [0.05, 0.1) is 6.10 Å². The molecule has 15 heavy (non-hydrogen) atoms. The van der Waals surface area contributed by atoms with Crippen molar-refractivity contribution in [1.82, 2.24) is 0 Å². The van der Waals surface area contributed by atoms with Crippen molar-refractivity contribution in [2.75, 3.05) is 18.6 Å². The summed E-state index contributed by atoms with van der Waals surface area (Å²) in [7, 11) is -2.86. The van der Waals surface area contributed by atoms with Gasteiger partial charge in [-0.05, 0) is 26.2 Å². The fourth-order valence-electron chi connectivity index (χ4n) is 1.53. The lowest BCUT2D eigenvalue weighted by Crippen LogP contribution is -2.36. The summed E-state index contributed by atoms with van der Waals surface area (Å²) in [6, 6.07) is -0.0586. The van der Waals surface area contributed by atoms with Crippen LogP contribution in [0, 0.1) is 0 Å². The molecule has 0 saturated carbocycles. The summed E-state index contributed by atoms with van der Waals surface area (Å²) in [6.07, 6.45) is 3.48. The molecule has 2 unspecified atom stereocenters. The molecule has 0 radical (unpaired) electrons. The monoisotopic (exact) mass is 237 g/mol. The van der Waals surface area contributed by atoms with E-state index >= 15 is 0 Å². The highest BCUT2D eigenvalue weighted by atomic mass is 32.2. The lowest BCUT2D eigenvalue weighted by molar-refractivity contribution is 0.0396. The molecule has 4 nitrogen and oxygen atoms in total. The lowest BCUT2D eigenvalue weighted by Gasteiger charge is -2.22. The quantitative estimate of drug-likeness (QED) is 0.682. The molecule has 0 saturated heterocycles. The molecule has 0 rings (SSSR count). The number of rotatable bonds is 8. The molecule has 0 aromatic heterocycles. The molecule has 0 heterocycles. The first-order valence-electron chi connectivity index (χ1n) is 5.45. The maximum Gasteiger partial charge on any atom is 0.147 e. The van der Waals surface area contributed by atoms with Crippen LogP contribution in [0.2, 0.25) is 0 Å². The van der Waals surface area contributed by atoms with E-state index in [-0.39, 0.29) is 17.9 Å². The van der Waals surface area contributed by atoms with E-state index in [9.17, 15) is 8.42 Å². The molecule has 0 amide bonds. The summed E-state index contributed by atoms with van der Waals surface area (Å²) in [5.41, 5.74) is 5.92. The number of sulfone groups is 1. The first kappa shape index (κ1) is 14.9. The fraction of sp³-hybridized carbons (Fsp3) is 1.00. The van der Waals surface area contributed by atoms with Crippen molar-refractivity contribution < 1.29 is 13.2 Å². The van der Waals surface area contributed by atoms with Crippen LogP contribution in [-0.4, -0.2) is 39.2 Å². The van der Waals surface area contributed by atoms with Gasteiger partial charge in [0.25, 0.3) is 0 Å². The van der Waals surface area contributed by atoms with E-state index in [1.165, 1.54) is 6.26 Å². The molecular weight excluding hydrogens is 214 g/mol. The standard InChI is InChI=1S/C10H23NO3S/c1-4-10(14-5-2)9(11)7-6-8-15(3,12)13/h9-10H,4-8,11H2,1-3H3. The minimum atomic E-state index is -2.86. The van der Waals surface area contributed by atoms with Gasteiger partial charge >= 0.3 is 0 Å². The van der Waals surface area contributed by atoms with Crippen molar-refractivity contribution in [1.29, 1.82) is 0 Å². The van der Waals surface area contributed by atoms with E-state index in [4.69, 9.17) is 10.5 Å². The van der Waals surface area contributed by atoms with Crippen LogP contribution in [0.4, 0.5) is 0 Å². The van der Waals surface area contributed by atoms with E-state index in [0.717, 1.165) is 6.42 Å². The molecule has 0 aliphatic rings. The third-order valence-electron chi connectivity index (χ3n) is 2.31. The number of hydrogen-bond acceptors (Lipinski definition) is 4. The van der Waals surface area contributed by atoms with E-state index in [0.29, 0.717) is 19.4 Å². The summed E-state index contributed by atoms with van der Waals surface area (Å²) in [6.45, 7) is 4.61. The third kappa shape index (κ3) is 7.76. The van der Waals surface area contributed by atoms with Crippen LogP contribution in [0.25, 0.3) is 0 Å². The van der Waals surface area contributed by atoms with Gasteiger partial charge in [0.2, 0.25) is 0 Å². The highest BCUT2D eigenvalue weighted by molar-refractivity contribution is 7.90. The molecule has 2 atom stereocenters. The molecule has 0 aromatic rings. The Morgan fingerprint density at radius 1 is 1.33 bits per heavy atom. The van der Waals surface area contributed by atoms with Crippen LogP contribution >= 0.6 is 0 Å². The van der Waals surface area contributed by atoms with Crippen molar-refractivity contribution in [2.45, 2.75) is 45.3 Å². The zero-order valence-electron chi connectivity index (χ0n) is 9.90. The second-order valence-electron chi connectivity index (χ2n) is 3.84. The fourth-order valence-corrected chi connectivity index (χ4v) is 2.22. The highest BCUT2D eigenvalue weighted by Crippen LogP contribution is 2.08. The summed E-state index contributed by atoms with van der Waals surface area (Å²) in [5.74, 6) is 0.212. The van der Waals surface area contributed by atoms with Gasteiger partial charge in [0.1, 0.15) is 9.84 Å². The maximum atomic E-state index is 10.9. The van der Waals surface area contributed by atoms with E-state index < -0.39 is 9.84 Å². The maximum absolute atomic E-state index is 10.9. The minimum absolute atomic E-state index is 0.0505. The molecular formula is C10H23NO3S. The minimum Gasteiger partial charge on any atom is -0.377 e. The van der Waals surface area contributed by atoms with Gasteiger partial charge in [0.15, 0.2) is 0 Å². The van der Waals surface area contributed by atoms with Crippen LogP contribution in [-0.2, 0) is 14.6 Å².